The van der Waals surface area contributed by atoms with E-state index in [-0.39, 0.29) is 17.4 Å². The van der Waals surface area contributed by atoms with Crippen molar-refractivity contribution in [2.45, 2.75) is 31.7 Å². The molecule has 22 heavy (non-hydrogen) atoms. The van der Waals surface area contributed by atoms with E-state index in [1.165, 1.54) is 0 Å². The van der Waals surface area contributed by atoms with Crippen molar-refractivity contribution in [3.8, 4) is 17.1 Å². The highest BCUT2D eigenvalue weighted by atomic mass is 16.5. The van der Waals surface area contributed by atoms with Gasteiger partial charge in [0.15, 0.2) is 17.1 Å². The molecule has 0 spiro atoms. The lowest BCUT2D eigenvalue weighted by atomic mass is 10.1. The minimum Gasteiger partial charge on any atom is -0.497 e. The number of nitrogens with one attached hydrogen (secondary N) is 1. The molecule has 0 bridgehead atoms. The number of methoxy groups -OCH3 is 1. The van der Waals surface area contributed by atoms with Crippen LogP contribution in [0.4, 0.5) is 5.82 Å². The second-order valence-electron chi connectivity index (χ2n) is 5.39. The molecule has 0 radical (unpaired) electrons. The predicted molar refractivity (Wildman–Crippen MR) is 81.3 cm³/mol. The average molecular weight is 302 g/mol. The van der Waals surface area contributed by atoms with E-state index >= 15 is 0 Å². The van der Waals surface area contributed by atoms with Crippen molar-refractivity contribution < 1.29 is 19.2 Å². The van der Waals surface area contributed by atoms with Gasteiger partial charge in [-0.1, -0.05) is 18.0 Å². The Hall–Kier alpha value is -2.50. The monoisotopic (exact) mass is 302 g/mol. The third-order valence-corrected chi connectivity index (χ3v) is 3.95. The summed E-state index contributed by atoms with van der Waals surface area (Å²) in [4.78, 5) is 11.6. The number of nitrogens with zero attached hydrogens (tertiary/aromatic N) is 1. The fourth-order valence-corrected chi connectivity index (χ4v) is 2.79. The first kappa shape index (κ1) is 14.4. The minimum atomic E-state index is -1.05. The highest BCUT2D eigenvalue weighted by molar-refractivity contribution is 5.99. The summed E-state index contributed by atoms with van der Waals surface area (Å²) in [6.45, 7) is 0. The number of anilines is 1. The molecule has 1 heterocycles. The largest absolute Gasteiger partial charge is 0.497 e. The highest BCUT2D eigenvalue weighted by Gasteiger charge is 2.26. The molecule has 1 fully saturated rings. The van der Waals surface area contributed by atoms with Crippen LogP contribution in [0.15, 0.2) is 28.8 Å². The van der Waals surface area contributed by atoms with Gasteiger partial charge in [0.2, 0.25) is 0 Å². The van der Waals surface area contributed by atoms with Gasteiger partial charge in [-0.15, -0.1) is 0 Å². The Kier molecular flexibility index (Phi) is 4.00. The summed E-state index contributed by atoms with van der Waals surface area (Å²) in [5.41, 5.74) is 0.738. The topological polar surface area (TPSA) is 84.6 Å². The fourth-order valence-electron chi connectivity index (χ4n) is 2.79. The van der Waals surface area contributed by atoms with Gasteiger partial charge < -0.3 is 19.7 Å². The zero-order valence-corrected chi connectivity index (χ0v) is 12.3. The average Bonchev–Trinajstić information content (AvgIpc) is 3.17. The van der Waals surface area contributed by atoms with Gasteiger partial charge >= 0.3 is 5.97 Å². The van der Waals surface area contributed by atoms with Gasteiger partial charge in [0, 0.05) is 11.6 Å². The Morgan fingerprint density at radius 3 is 2.59 bits per heavy atom. The van der Waals surface area contributed by atoms with Crippen LogP contribution in [-0.4, -0.2) is 29.4 Å². The first-order valence-corrected chi connectivity index (χ1v) is 7.33. The Balaban J connectivity index is 1.93. The van der Waals surface area contributed by atoms with Crippen LogP contribution >= 0.6 is 0 Å². The van der Waals surface area contributed by atoms with Crippen LogP contribution in [-0.2, 0) is 0 Å². The first-order chi connectivity index (χ1) is 10.7. The maximum absolute atomic E-state index is 11.6. The molecule has 1 aromatic carbocycles. The molecule has 1 aromatic heterocycles. The summed E-state index contributed by atoms with van der Waals surface area (Å²) in [6, 6.07) is 7.30. The minimum absolute atomic E-state index is 0.0806. The molecule has 2 aromatic rings. The molecule has 0 aliphatic heterocycles. The van der Waals surface area contributed by atoms with E-state index in [0.29, 0.717) is 17.1 Å². The number of aromatic carboxylic acids is 1. The molecule has 1 aliphatic carbocycles. The number of ether oxygens (including phenoxy) is 1. The van der Waals surface area contributed by atoms with Crippen molar-refractivity contribution in [3.63, 3.8) is 0 Å². The zero-order chi connectivity index (χ0) is 15.5. The van der Waals surface area contributed by atoms with Crippen LogP contribution in [0.1, 0.15) is 36.0 Å². The third-order valence-electron chi connectivity index (χ3n) is 3.95. The molecule has 0 saturated heterocycles. The predicted octanol–water partition coefficient (Wildman–Crippen LogP) is 3.40. The smallest absolute Gasteiger partial charge is 0.343 e. The van der Waals surface area contributed by atoms with E-state index in [1.807, 2.05) is 0 Å². The lowest BCUT2D eigenvalue weighted by Gasteiger charge is -2.10. The molecule has 0 unspecified atom stereocenters. The Bertz CT molecular complexity index is 657. The van der Waals surface area contributed by atoms with E-state index in [9.17, 15) is 9.90 Å². The second-order valence-corrected chi connectivity index (χ2v) is 5.39. The molecule has 3 rings (SSSR count). The molecule has 1 saturated carbocycles. The molecule has 2 N–H and O–H groups in total. The van der Waals surface area contributed by atoms with Crippen LogP contribution < -0.4 is 10.1 Å². The van der Waals surface area contributed by atoms with Gasteiger partial charge in [0.05, 0.1) is 7.11 Å². The molecule has 6 heteroatoms. The van der Waals surface area contributed by atoms with Gasteiger partial charge in [-0.25, -0.2) is 4.79 Å². The summed E-state index contributed by atoms with van der Waals surface area (Å²) in [5.74, 6) is 0.220. The molecule has 116 valence electrons. The summed E-state index contributed by atoms with van der Waals surface area (Å²) < 4.78 is 10.4. The van der Waals surface area contributed by atoms with E-state index in [2.05, 4.69) is 10.5 Å². The Morgan fingerprint density at radius 2 is 2.00 bits per heavy atom. The fraction of sp³-hybridized carbons (Fsp3) is 0.375. The molecular formula is C16H18N2O4. The first-order valence-electron chi connectivity index (χ1n) is 7.33. The maximum atomic E-state index is 11.6. The molecular weight excluding hydrogens is 284 g/mol. The van der Waals surface area contributed by atoms with Crippen LogP contribution in [0.5, 0.6) is 5.75 Å². The van der Waals surface area contributed by atoms with Crippen molar-refractivity contribution in [1.29, 1.82) is 0 Å². The lowest BCUT2D eigenvalue weighted by molar-refractivity contribution is 0.0698. The standard InChI is InChI=1S/C16H18N2O4/c1-21-12-8-6-10(7-9-12)14-13(16(19)20)15(18-22-14)17-11-4-2-3-5-11/h6-9,11H,2-5H2,1H3,(H,17,18)(H,19,20). The van der Waals surface area contributed by atoms with E-state index in [0.717, 1.165) is 25.7 Å². The van der Waals surface area contributed by atoms with Gasteiger partial charge in [-0.2, -0.15) is 0 Å². The summed E-state index contributed by atoms with van der Waals surface area (Å²) in [7, 11) is 1.58. The van der Waals surface area contributed by atoms with Crippen molar-refractivity contribution in [2.75, 3.05) is 12.4 Å². The summed E-state index contributed by atoms with van der Waals surface area (Å²) in [5, 5.41) is 16.6. The van der Waals surface area contributed by atoms with Crippen LogP contribution in [0.25, 0.3) is 11.3 Å². The van der Waals surface area contributed by atoms with Crippen molar-refractivity contribution >= 4 is 11.8 Å². The number of rotatable bonds is 5. The van der Waals surface area contributed by atoms with Crippen LogP contribution in [0.2, 0.25) is 0 Å². The van der Waals surface area contributed by atoms with Gasteiger partial charge in [-0.05, 0) is 37.1 Å². The molecule has 6 nitrogen and oxygen atoms in total. The number of carboxylic acid groups (broad SMARTS) is 1. The van der Waals surface area contributed by atoms with E-state index < -0.39 is 5.97 Å². The van der Waals surface area contributed by atoms with Crippen LogP contribution in [0.3, 0.4) is 0 Å². The number of hydrogen-bond donors (Lipinski definition) is 2. The van der Waals surface area contributed by atoms with Gasteiger partial charge in [0.25, 0.3) is 0 Å². The van der Waals surface area contributed by atoms with Crippen molar-refractivity contribution in [1.82, 2.24) is 5.16 Å². The SMILES string of the molecule is COc1ccc(-c2onc(NC3CCCC3)c2C(=O)O)cc1. The normalized spacial score (nSPS) is 15.0. The van der Waals surface area contributed by atoms with Gasteiger partial charge in [0.1, 0.15) is 5.75 Å². The molecule has 1 aliphatic rings. The molecule has 0 amide bonds. The van der Waals surface area contributed by atoms with Crippen molar-refractivity contribution in [3.05, 3.63) is 29.8 Å². The Labute approximate surface area is 128 Å². The quantitative estimate of drug-likeness (QED) is 0.880. The maximum Gasteiger partial charge on any atom is 0.343 e. The third kappa shape index (κ3) is 2.77. The number of carboxylic acids is 1. The van der Waals surface area contributed by atoms with Crippen molar-refractivity contribution in [2.24, 2.45) is 0 Å². The Morgan fingerprint density at radius 1 is 1.32 bits per heavy atom. The zero-order valence-electron chi connectivity index (χ0n) is 12.3. The second kappa shape index (κ2) is 6.09. The lowest BCUT2D eigenvalue weighted by Crippen LogP contribution is -2.17. The highest BCUT2D eigenvalue weighted by Crippen LogP contribution is 2.32. The van der Waals surface area contributed by atoms with E-state index in [1.54, 1.807) is 31.4 Å². The summed E-state index contributed by atoms with van der Waals surface area (Å²) in [6.07, 6.45) is 4.38. The number of hydrogen-bond acceptors (Lipinski definition) is 5. The number of benzene rings is 1. The number of aromatic nitrogens is 1. The number of carbonyl (C=O) groups is 1. The van der Waals surface area contributed by atoms with E-state index in [4.69, 9.17) is 9.26 Å². The van der Waals surface area contributed by atoms with Crippen LogP contribution in [0, 0.1) is 0 Å². The molecule has 0 atom stereocenters. The van der Waals surface area contributed by atoms with Gasteiger partial charge in [-0.3, -0.25) is 0 Å². The summed E-state index contributed by atoms with van der Waals surface area (Å²) >= 11 is 0.